The molecule has 0 spiro atoms. The van der Waals surface area contributed by atoms with Gasteiger partial charge in [-0.25, -0.2) is 0 Å². The predicted octanol–water partition coefficient (Wildman–Crippen LogP) is -0.713. The fourth-order valence-electron chi connectivity index (χ4n) is 7.94. The molecule has 0 bridgehead atoms. The van der Waals surface area contributed by atoms with Gasteiger partial charge in [-0.2, -0.15) is 0 Å². The third-order valence-corrected chi connectivity index (χ3v) is 10.1. The fraction of sp³-hybridized carbons (Fsp3) is 0.816. The Bertz CT molecular complexity index is 1740. The fourth-order valence-corrected chi connectivity index (χ4v) is 7.94. The molecule has 6 heterocycles. The summed E-state index contributed by atoms with van der Waals surface area (Å²) in [5, 5.41) is 0. The van der Waals surface area contributed by atoms with Crippen LogP contribution in [0.25, 0.3) is 0 Å². The van der Waals surface area contributed by atoms with Gasteiger partial charge in [-0.05, 0) is 6.92 Å². The van der Waals surface area contributed by atoms with Crippen LogP contribution < -0.4 is 0 Å². The van der Waals surface area contributed by atoms with Crippen LogP contribution in [0.2, 0.25) is 0 Å². The van der Waals surface area contributed by atoms with Crippen LogP contribution in [0.3, 0.4) is 0 Å². The molecule has 6 saturated heterocycles. The zero-order valence-corrected chi connectivity index (χ0v) is 36.1. The summed E-state index contributed by atoms with van der Waals surface area (Å²) in [6.07, 6.45) is -20.1. The molecule has 6 aliphatic heterocycles. The lowest BCUT2D eigenvalue weighted by Gasteiger charge is -2.44. The van der Waals surface area contributed by atoms with Crippen molar-refractivity contribution >= 4 is 41.8 Å². The summed E-state index contributed by atoms with van der Waals surface area (Å²) in [5.41, 5.74) is 0. The van der Waals surface area contributed by atoms with Crippen molar-refractivity contribution in [3.05, 3.63) is 0 Å². The van der Waals surface area contributed by atoms with Gasteiger partial charge >= 0.3 is 41.8 Å². The summed E-state index contributed by atoms with van der Waals surface area (Å²) < 4.78 is 105. The number of hydrogen-bond acceptors (Lipinski definition) is 25. The molecule has 3 unspecified atom stereocenters. The second-order valence-electron chi connectivity index (χ2n) is 15.4. The molecule has 0 amide bonds. The first-order valence-corrected chi connectivity index (χ1v) is 20.0. The molecule has 0 aromatic carbocycles. The highest BCUT2D eigenvalue weighted by molar-refractivity contribution is 5.69. The minimum atomic E-state index is -2.11. The minimum absolute atomic E-state index is 0.411. The summed E-state index contributed by atoms with van der Waals surface area (Å²) in [5.74, 6) is -9.30. The van der Waals surface area contributed by atoms with Gasteiger partial charge in [-0.3, -0.25) is 43.0 Å². The Balaban J connectivity index is 1.24. The molecule has 0 aliphatic carbocycles. The Morgan fingerprint density at radius 1 is 0.413 bits per heavy atom. The molecule has 63 heavy (non-hydrogen) atoms. The lowest BCUT2D eigenvalue weighted by molar-refractivity contribution is -0.396. The van der Waals surface area contributed by atoms with E-state index in [1.807, 2.05) is 0 Å². The molecule has 0 N–H and O–H groups in total. The summed E-state index contributed by atoms with van der Waals surface area (Å²) in [6, 6.07) is 0. The molecule has 6 rings (SSSR count). The van der Waals surface area contributed by atoms with E-state index in [-0.39, 0.29) is 0 Å². The van der Waals surface area contributed by atoms with Gasteiger partial charge in [-0.15, -0.1) is 0 Å². The van der Waals surface area contributed by atoms with Gasteiger partial charge in [0.25, 0.3) is 11.9 Å². The molecular formula is C38H52O25. The Hall–Kier alpha value is -4.15. The van der Waals surface area contributed by atoms with E-state index >= 15 is 0 Å². The smallest absolute Gasteiger partial charge is 0.303 e. The molecule has 0 aromatic rings. The van der Waals surface area contributed by atoms with E-state index in [2.05, 4.69) is 0 Å². The van der Waals surface area contributed by atoms with Gasteiger partial charge in [0.15, 0.2) is 67.9 Å². The number of ether oxygens (including phenoxy) is 18. The van der Waals surface area contributed by atoms with E-state index in [0.29, 0.717) is 0 Å². The quantitative estimate of drug-likeness (QED) is 0.154. The second-order valence-corrected chi connectivity index (χ2v) is 15.4. The topological polar surface area (TPSA) is 286 Å². The molecule has 6 fully saturated rings. The lowest BCUT2D eigenvalue weighted by Crippen LogP contribution is -2.62. The molecule has 0 saturated carbocycles. The van der Waals surface area contributed by atoms with E-state index < -0.39 is 172 Å². The summed E-state index contributed by atoms with van der Waals surface area (Å²) in [7, 11) is 0. The number of esters is 7. The van der Waals surface area contributed by atoms with Crippen molar-refractivity contribution in [3.63, 3.8) is 0 Å². The normalized spacial score (nSPS) is 41.5. The van der Waals surface area contributed by atoms with E-state index in [0.717, 1.165) is 48.5 Å². The summed E-state index contributed by atoms with van der Waals surface area (Å²) in [4.78, 5) is 85.1. The molecule has 25 heteroatoms. The molecular weight excluding hydrogens is 856 g/mol. The van der Waals surface area contributed by atoms with Crippen LogP contribution in [-0.2, 0) is 119 Å². The monoisotopic (exact) mass is 908 g/mol. The molecule has 25 nitrogen and oxygen atoms in total. The van der Waals surface area contributed by atoms with Crippen LogP contribution in [0.1, 0.15) is 69.2 Å². The van der Waals surface area contributed by atoms with Crippen LogP contribution >= 0.6 is 0 Å². The maximum atomic E-state index is 12.7. The van der Waals surface area contributed by atoms with Gasteiger partial charge < -0.3 is 75.8 Å². The van der Waals surface area contributed by atoms with Crippen LogP contribution in [0.4, 0.5) is 0 Å². The predicted molar refractivity (Wildman–Crippen MR) is 192 cm³/mol. The first-order valence-electron chi connectivity index (χ1n) is 20.0. The number of hydrogen-bond donors (Lipinski definition) is 0. The first-order chi connectivity index (χ1) is 29.5. The van der Waals surface area contributed by atoms with Crippen LogP contribution in [-0.4, -0.2) is 172 Å². The summed E-state index contributed by atoms with van der Waals surface area (Å²) in [6.45, 7) is 10.9. The van der Waals surface area contributed by atoms with Crippen molar-refractivity contribution in [2.75, 3.05) is 19.8 Å². The van der Waals surface area contributed by atoms with E-state index in [1.165, 1.54) is 13.8 Å². The van der Waals surface area contributed by atoms with Crippen molar-refractivity contribution in [2.24, 2.45) is 0 Å². The molecule has 354 valence electrons. The van der Waals surface area contributed by atoms with Crippen molar-refractivity contribution in [1.82, 2.24) is 0 Å². The number of fused-ring (bicyclic) bond motifs is 3. The Morgan fingerprint density at radius 2 is 0.794 bits per heavy atom. The van der Waals surface area contributed by atoms with Crippen LogP contribution in [0.15, 0.2) is 0 Å². The van der Waals surface area contributed by atoms with Gasteiger partial charge in [0.1, 0.15) is 43.7 Å². The maximum Gasteiger partial charge on any atom is 0.303 e. The highest BCUT2D eigenvalue weighted by Crippen LogP contribution is 2.45. The zero-order valence-electron chi connectivity index (χ0n) is 36.1. The van der Waals surface area contributed by atoms with Crippen molar-refractivity contribution in [2.45, 2.75) is 180 Å². The molecule has 0 aromatic heterocycles. The van der Waals surface area contributed by atoms with Gasteiger partial charge in [0.05, 0.1) is 6.61 Å². The standard InChI is InChI=1S/C38H52O25/c1-14(39)46-11-22-25(49-16(3)41)28(52-19(6)44)32-35(57-22)62-37(9,60-32)48-13-24-27(51-18(5)43)30(31-34(56-24)55-21(8)54-31)59-38(10)61-33-29(53-20(7)45)26(50-17(4)42)23(12-47-15(2)40)58-36(33)63-38/h21-36H,11-13H2,1-10H3/t21?,22-,23-,24-,25-,26-,27-,28+,29+,30+,31-,32-,33-,34+,35-,36-,37?,38?/m1/s1. The van der Waals surface area contributed by atoms with E-state index in [1.54, 1.807) is 6.92 Å². The zero-order chi connectivity index (χ0) is 46.1. The van der Waals surface area contributed by atoms with Gasteiger partial charge in [0.2, 0.25) is 0 Å². The van der Waals surface area contributed by atoms with Crippen LogP contribution in [0.5, 0.6) is 0 Å². The summed E-state index contributed by atoms with van der Waals surface area (Å²) >= 11 is 0. The van der Waals surface area contributed by atoms with Gasteiger partial charge in [0, 0.05) is 62.3 Å². The van der Waals surface area contributed by atoms with E-state index in [9.17, 15) is 33.6 Å². The average Bonchev–Trinajstić information content (AvgIpc) is 3.82. The Morgan fingerprint density at radius 3 is 1.24 bits per heavy atom. The lowest BCUT2D eigenvalue weighted by atomic mass is 9.98. The van der Waals surface area contributed by atoms with E-state index in [4.69, 9.17) is 85.3 Å². The number of rotatable bonds is 14. The Kier molecular flexibility index (Phi) is 15.0. The molecule has 0 radical (unpaired) electrons. The van der Waals surface area contributed by atoms with Crippen molar-refractivity contribution in [1.29, 1.82) is 0 Å². The average molecular weight is 909 g/mol. The second kappa shape index (κ2) is 19.5. The largest absolute Gasteiger partial charge is 0.463 e. The highest BCUT2D eigenvalue weighted by atomic mass is 17.0. The molecule has 18 atom stereocenters. The molecule has 6 aliphatic rings. The Labute approximate surface area is 359 Å². The highest BCUT2D eigenvalue weighted by Gasteiger charge is 2.64. The first kappa shape index (κ1) is 48.3. The minimum Gasteiger partial charge on any atom is -0.463 e. The van der Waals surface area contributed by atoms with Crippen molar-refractivity contribution in [3.8, 4) is 0 Å². The third-order valence-electron chi connectivity index (χ3n) is 10.1. The van der Waals surface area contributed by atoms with Gasteiger partial charge in [-0.1, -0.05) is 0 Å². The SMILES string of the molecule is CC(=O)OC[C@H]1O[C@@H]2OC(C)(OC[C@H]3O[C@@H]4OC(C)O[C@@H]4[C@@H](OC4(C)O[C@H]5O[C@H](COC(C)=O)[C@@H](OC(C)=O)[C@H](OC(C)=O)[C@H]5O4)[C@@H]3OC(C)=O)O[C@@H]2[C@@H](OC(C)=O)[C@@H]1OC(C)=O. The maximum absolute atomic E-state index is 12.7. The number of carbonyl (C=O) groups excluding carboxylic acids is 7. The number of carbonyl (C=O) groups is 7. The van der Waals surface area contributed by atoms with Crippen molar-refractivity contribution < 1.29 is 119 Å². The third kappa shape index (κ3) is 11.6. The van der Waals surface area contributed by atoms with Crippen LogP contribution in [0, 0.1) is 0 Å².